The van der Waals surface area contributed by atoms with Crippen LogP contribution in [0.2, 0.25) is 0 Å². The average molecular weight is 273 g/mol. The molecule has 4 N–H and O–H groups in total. The van der Waals surface area contributed by atoms with Crippen LogP contribution in [-0.4, -0.2) is 34.4 Å². The number of pyridine rings is 1. The second kappa shape index (κ2) is 5.35. The highest BCUT2D eigenvalue weighted by Gasteiger charge is 2.15. The van der Waals surface area contributed by atoms with Crippen LogP contribution in [0.15, 0.2) is 30.3 Å². The first-order valence-electron chi connectivity index (χ1n) is 5.68. The van der Waals surface area contributed by atoms with Crippen LogP contribution in [-0.2, 0) is 4.79 Å². The van der Waals surface area contributed by atoms with Gasteiger partial charge in [-0.1, -0.05) is 18.2 Å². The Morgan fingerprint density at radius 3 is 2.60 bits per heavy atom. The summed E-state index contributed by atoms with van der Waals surface area (Å²) in [6.45, 7) is -0.513. The second-order valence-electron chi connectivity index (χ2n) is 4.01. The molecular weight excluding hydrogens is 262 g/mol. The zero-order valence-corrected chi connectivity index (χ0v) is 10.3. The van der Waals surface area contributed by atoms with Gasteiger partial charge >= 0.3 is 5.97 Å². The molecule has 0 radical (unpaired) electrons. The molecule has 20 heavy (non-hydrogen) atoms. The second-order valence-corrected chi connectivity index (χ2v) is 4.01. The first-order valence-corrected chi connectivity index (χ1v) is 5.68. The third-order valence-corrected chi connectivity index (χ3v) is 2.61. The summed E-state index contributed by atoms with van der Waals surface area (Å²) < 4.78 is 0. The van der Waals surface area contributed by atoms with Crippen LogP contribution in [0.5, 0.6) is 0 Å². The summed E-state index contributed by atoms with van der Waals surface area (Å²) in [5, 5.41) is 11.3. The number of carboxylic acid groups (broad SMARTS) is 1. The lowest BCUT2D eigenvalue weighted by molar-refractivity contribution is -0.135. The van der Waals surface area contributed by atoms with Crippen LogP contribution < -0.4 is 11.1 Å². The molecule has 0 aliphatic carbocycles. The maximum Gasteiger partial charge on any atom is 0.322 e. The molecular formula is C13H11N3O4. The SMILES string of the molecule is NC(=O)c1cc(C(=O)NCC(=O)O)c2ccccc2n1. The monoisotopic (exact) mass is 273 g/mol. The number of carbonyl (C=O) groups is 3. The number of hydrogen-bond donors (Lipinski definition) is 3. The molecule has 7 heteroatoms. The highest BCUT2D eigenvalue weighted by atomic mass is 16.4. The average Bonchev–Trinajstić information content (AvgIpc) is 2.43. The molecule has 0 aliphatic rings. The lowest BCUT2D eigenvalue weighted by Crippen LogP contribution is -2.29. The van der Waals surface area contributed by atoms with Gasteiger partial charge in [0.05, 0.1) is 11.1 Å². The summed E-state index contributed by atoms with van der Waals surface area (Å²) in [6, 6.07) is 7.96. The molecule has 0 fully saturated rings. The van der Waals surface area contributed by atoms with Crippen LogP contribution in [0.25, 0.3) is 10.9 Å². The lowest BCUT2D eigenvalue weighted by atomic mass is 10.1. The summed E-state index contributed by atoms with van der Waals surface area (Å²) in [5.41, 5.74) is 5.71. The maximum absolute atomic E-state index is 12.0. The first-order chi connectivity index (χ1) is 9.49. The maximum atomic E-state index is 12.0. The topological polar surface area (TPSA) is 122 Å². The molecule has 102 valence electrons. The van der Waals surface area contributed by atoms with Crippen molar-refractivity contribution < 1.29 is 19.5 Å². The van der Waals surface area contributed by atoms with Gasteiger partial charge in [0.25, 0.3) is 11.8 Å². The number of nitrogens with two attached hydrogens (primary N) is 1. The highest BCUT2D eigenvalue weighted by Crippen LogP contribution is 2.18. The summed E-state index contributed by atoms with van der Waals surface area (Å²) in [4.78, 5) is 37.7. The summed E-state index contributed by atoms with van der Waals surface area (Å²) in [5.74, 6) is -2.52. The van der Waals surface area contributed by atoms with E-state index in [1.54, 1.807) is 24.3 Å². The number of hydrogen-bond acceptors (Lipinski definition) is 4. The van der Waals surface area contributed by atoms with Crippen molar-refractivity contribution in [2.75, 3.05) is 6.54 Å². The van der Waals surface area contributed by atoms with E-state index in [4.69, 9.17) is 10.8 Å². The van der Waals surface area contributed by atoms with E-state index in [9.17, 15) is 14.4 Å². The van der Waals surface area contributed by atoms with Gasteiger partial charge in [-0.25, -0.2) is 4.98 Å². The Bertz CT molecular complexity index is 712. The minimum atomic E-state index is -1.16. The number of para-hydroxylation sites is 1. The predicted octanol–water partition coefficient (Wildman–Crippen LogP) is 0.148. The Morgan fingerprint density at radius 2 is 1.95 bits per heavy atom. The molecule has 2 rings (SSSR count). The third kappa shape index (κ3) is 2.72. The molecule has 0 atom stereocenters. The highest BCUT2D eigenvalue weighted by molar-refractivity contribution is 6.08. The third-order valence-electron chi connectivity index (χ3n) is 2.61. The molecule has 0 bridgehead atoms. The fraction of sp³-hybridized carbons (Fsp3) is 0.0769. The van der Waals surface area contributed by atoms with E-state index in [1.165, 1.54) is 6.07 Å². The van der Waals surface area contributed by atoms with Crippen molar-refractivity contribution in [3.05, 3.63) is 41.6 Å². The van der Waals surface area contributed by atoms with E-state index in [2.05, 4.69) is 10.3 Å². The van der Waals surface area contributed by atoms with Crippen molar-refractivity contribution in [3.63, 3.8) is 0 Å². The van der Waals surface area contributed by atoms with E-state index in [0.717, 1.165) is 0 Å². The molecule has 0 spiro atoms. The number of aromatic nitrogens is 1. The number of primary amides is 1. The van der Waals surface area contributed by atoms with Crippen molar-refractivity contribution in [2.45, 2.75) is 0 Å². The van der Waals surface area contributed by atoms with Crippen LogP contribution in [0.4, 0.5) is 0 Å². The minimum absolute atomic E-state index is 0.0517. The van der Waals surface area contributed by atoms with Gasteiger partial charge < -0.3 is 16.2 Å². The van der Waals surface area contributed by atoms with Crippen molar-refractivity contribution in [1.82, 2.24) is 10.3 Å². The minimum Gasteiger partial charge on any atom is -0.480 e. The van der Waals surface area contributed by atoms with Crippen LogP contribution >= 0.6 is 0 Å². The van der Waals surface area contributed by atoms with E-state index < -0.39 is 24.3 Å². The largest absolute Gasteiger partial charge is 0.480 e. The van der Waals surface area contributed by atoms with Crippen LogP contribution in [0.3, 0.4) is 0 Å². The van der Waals surface area contributed by atoms with Gasteiger partial charge in [-0.05, 0) is 12.1 Å². The number of aliphatic carboxylic acids is 1. The molecule has 1 aromatic heterocycles. The molecule has 0 saturated carbocycles. The van der Waals surface area contributed by atoms with Crippen molar-refractivity contribution in [1.29, 1.82) is 0 Å². The molecule has 0 saturated heterocycles. The van der Waals surface area contributed by atoms with Crippen molar-refractivity contribution in [2.24, 2.45) is 5.73 Å². The number of amides is 2. The fourth-order valence-corrected chi connectivity index (χ4v) is 1.74. The van der Waals surface area contributed by atoms with Gasteiger partial charge in [0.15, 0.2) is 0 Å². The summed E-state index contributed by atoms with van der Waals surface area (Å²) in [6.07, 6.45) is 0. The van der Waals surface area contributed by atoms with E-state index in [1.807, 2.05) is 0 Å². The van der Waals surface area contributed by atoms with Gasteiger partial charge in [-0.2, -0.15) is 0 Å². The number of fused-ring (bicyclic) bond motifs is 1. The molecule has 2 aromatic rings. The van der Waals surface area contributed by atoms with Gasteiger partial charge in [0.1, 0.15) is 12.2 Å². The Balaban J connectivity index is 2.52. The molecule has 7 nitrogen and oxygen atoms in total. The summed E-state index contributed by atoms with van der Waals surface area (Å²) >= 11 is 0. The number of rotatable bonds is 4. The molecule has 0 aliphatic heterocycles. The van der Waals surface area contributed by atoms with Gasteiger partial charge in [0, 0.05) is 5.39 Å². The molecule has 1 heterocycles. The number of carboxylic acids is 1. The number of benzene rings is 1. The first kappa shape index (κ1) is 13.5. The normalized spacial score (nSPS) is 10.2. The quantitative estimate of drug-likeness (QED) is 0.731. The van der Waals surface area contributed by atoms with E-state index in [0.29, 0.717) is 10.9 Å². The molecule has 1 aromatic carbocycles. The standard InChI is InChI=1S/C13H11N3O4/c14-12(19)10-5-8(13(20)15-6-11(17)18)7-3-1-2-4-9(7)16-10/h1-5H,6H2,(H2,14,19)(H,15,20)(H,17,18). The number of nitrogens with one attached hydrogen (secondary N) is 1. The van der Waals surface area contributed by atoms with Gasteiger partial charge in [0.2, 0.25) is 0 Å². The van der Waals surface area contributed by atoms with Gasteiger partial charge in [-0.15, -0.1) is 0 Å². The van der Waals surface area contributed by atoms with E-state index in [-0.39, 0.29) is 11.3 Å². The smallest absolute Gasteiger partial charge is 0.322 e. The predicted molar refractivity (Wildman–Crippen MR) is 70.2 cm³/mol. The van der Waals surface area contributed by atoms with Crippen LogP contribution in [0, 0.1) is 0 Å². The van der Waals surface area contributed by atoms with E-state index >= 15 is 0 Å². The number of nitrogens with zero attached hydrogens (tertiary/aromatic N) is 1. The Hall–Kier alpha value is -2.96. The summed E-state index contributed by atoms with van der Waals surface area (Å²) in [7, 11) is 0. The molecule has 0 unspecified atom stereocenters. The van der Waals surface area contributed by atoms with Crippen molar-refractivity contribution in [3.8, 4) is 0 Å². The Labute approximate surface area is 113 Å². The lowest BCUT2D eigenvalue weighted by Gasteiger charge is -2.08. The van der Waals surface area contributed by atoms with Crippen molar-refractivity contribution >= 4 is 28.7 Å². The zero-order chi connectivity index (χ0) is 14.7. The molecule has 2 amide bonds. The van der Waals surface area contributed by atoms with Gasteiger partial charge in [-0.3, -0.25) is 14.4 Å². The zero-order valence-electron chi connectivity index (χ0n) is 10.3. The fourth-order valence-electron chi connectivity index (χ4n) is 1.74. The number of carbonyl (C=O) groups excluding carboxylic acids is 2. The Kier molecular flexibility index (Phi) is 3.60. The van der Waals surface area contributed by atoms with Crippen LogP contribution in [0.1, 0.15) is 20.8 Å². The Morgan fingerprint density at radius 1 is 1.25 bits per heavy atom.